The van der Waals surface area contributed by atoms with Crippen LogP contribution in [0.15, 0.2) is 11.6 Å². The third-order valence-corrected chi connectivity index (χ3v) is 7.25. The molecule has 4 bridgehead atoms. The zero-order chi connectivity index (χ0) is 19.1. The monoisotopic (exact) mass is 375 g/mol. The molecule has 0 heterocycles. The Bertz CT molecular complexity index is 626. The quantitative estimate of drug-likeness (QED) is 0.552. The van der Waals surface area contributed by atoms with Gasteiger partial charge in [-0.15, -0.1) is 0 Å². The molecule has 27 heavy (non-hydrogen) atoms. The minimum Gasteiger partial charge on any atom is -0.452 e. The SMILES string of the molecule is C[C@H](OC(=O)C12C[C@@H]3C[C@@H](CC(O)(C3)C1)C2)C(=O)NCCC1=CCCCC1. The van der Waals surface area contributed by atoms with Crippen LogP contribution in [0.2, 0.25) is 0 Å². The standard InChI is InChI=1S/C22H33NO4/c1-15(19(24)23-8-7-16-5-3-2-4-6-16)27-20(25)21-10-17-9-18(11-21)13-22(26,12-17)14-21/h5,15,17-18,26H,2-4,6-14H2,1H3,(H,23,24)/t15-,17-,18+,21?,22?/m0/s1. The van der Waals surface area contributed by atoms with Gasteiger partial charge in [0.05, 0.1) is 11.0 Å². The summed E-state index contributed by atoms with van der Waals surface area (Å²) in [7, 11) is 0. The minimum absolute atomic E-state index is 0.219. The first kappa shape index (κ1) is 19.0. The molecule has 5 aliphatic rings. The second kappa shape index (κ2) is 7.23. The summed E-state index contributed by atoms with van der Waals surface area (Å²) in [4.78, 5) is 25.3. The third-order valence-electron chi connectivity index (χ3n) is 7.25. The van der Waals surface area contributed by atoms with Gasteiger partial charge < -0.3 is 15.2 Å². The number of carbonyl (C=O) groups is 2. The molecule has 5 heteroatoms. The van der Waals surface area contributed by atoms with Crippen molar-refractivity contribution in [1.29, 1.82) is 0 Å². The van der Waals surface area contributed by atoms with E-state index >= 15 is 0 Å². The Labute approximate surface area is 161 Å². The number of hydrogen-bond donors (Lipinski definition) is 2. The number of nitrogens with one attached hydrogen (secondary N) is 1. The predicted molar refractivity (Wildman–Crippen MR) is 102 cm³/mol. The fourth-order valence-corrected chi connectivity index (χ4v) is 6.41. The molecular formula is C22H33NO4. The molecule has 5 atom stereocenters. The number of ether oxygens (including phenoxy) is 1. The second-order valence-corrected chi connectivity index (χ2v) is 9.66. The van der Waals surface area contributed by atoms with Crippen molar-refractivity contribution < 1.29 is 19.4 Å². The maximum Gasteiger partial charge on any atom is 0.312 e. The zero-order valence-corrected chi connectivity index (χ0v) is 16.5. The highest BCUT2D eigenvalue weighted by Crippen LogP contribution is 2.62. The molecule has 4 fully saturated rings. The molecule has 0 spiro atoms. The molecule has 2 unspecified atom stereocenters. The highest BCUT2D eigenvalue weighted by Gasteiger charge is 2.61. The number of amides is 1. The summed E-state index contributed by atoms with van der Waals surface area (Å²) in [5.41, 5.74) is 0.163. The van der Waals surface area contributed by atoms with Gasteiger partial charge in [-0.2, -0.15) is 0 Å². The van der Waals surface area contributed by atoms with Gasteiger partial charge in [0.15, 0.2) is 6.10 Å². The molecule has 4 saturated carbocycles. The fraction of sp³-hybridized carbons (Fsp3) is 0.818. The molecule has 5 nitrogen and oxygen atoms in total. The van der Waals surface area contributed by atoms with Gasteiger partial charge in [-0.25, -0.2) is 0 Å². The van der Waals surface area contributed by atoms with Crippen molar-refractivity contribution in [3.05, 3.63) is 11.6 Å². The summed E-state index contributed by atoms with van der Waals surface area (Å²) in [5.74, 6) is 0.365. The van der Waals surface area contributed by atoms with Crippen LogP contribution in [0.3, 0.4) is 0 Å². The van der Waals surface area contributed by atoms with Gasteiger partial charge in [-0.3, -0.25) is 9.59 Å². The molecular weight excluding hydrogens is 342 g/mol. The van der Waals surface area contributed by atoms with Crippen molar-refractivity contribution in [3.8, 4) is 0 Å². The number of aliphatic hydroxyl groups is 1. The minimum atomic E-state index is -0.777. The fourth-order valence-electron chi connectivity index (χ4n) is 6.41. The van der Waals surface area contributed by atoms with Crippen molar-refractivity contribution in [3.63, 3.8) is 0 Å². The molecule has 5 aliphatic carbocycles. The van der Waals surface area contributed by atoms with E-state index in [0.717, 1.165) is 51.4 Å². The number of allylic oxidation sites excluding steroid dienone is 1. The first-order valence-corrected chi connectivity index (χ1v) is 10.8. The van der Waals surface area contributed by atoms with E-state index < -0.39 is 17.1 Å². The summed E-state index contributed by atoms with van der Waals surface area (Å²) in [5, 5.41) is 13.7. The Kier molecular flexibility index (Phi) is 5.08. The maximum atomic E-state index is 13.0. The largest absolute Gasteiger partial charge is 0.452 e. The Balaban J connectivity index is 1.28. The van der Waals surface area contributed by atoms with Gasteiger partial charge in [0.2, 0.25) is 0 Å². The van der Waals surface area contributed by atoms with Crippen LogP contribution in [0.1, 0.15) is 77.6 Å². The van der Waals surface area contributed by atoms with Crippen LogP contribution in [0.4, 0.5) is 0 Å². The first-order chi connectivity index (χ1) is 12.9. The van der Waals surface area contributed by atoms with Gasteiger partial charge in [-0.1, -0.05) is 11.6 Å². The number of rotatable bonds is 6. The molecule has 2 N–H and O–H groups in total. The van der Waals surface area contributed by atoms with Gasteiger partial charge >= 0.3 is 5.97 Å². The molecule has 0 saturated heterocycles. The molecule has 150 valence electrons. The Morgan fingerprint density at radius 3 is 2.63 bits per heavy atom. The number of carbonyl (C=O) groups excluding carboxylic acids is 2. The van der Waals surface area contributed by atoms with Gasteiger partial charge in [0.25, 0.3) is 5.91 Å². The van der Waals surface area contributed by atoms with Crippen LogP contribution < -0.4 is 5.32 Å². The van der Waals surface area contributed by atoms with E-state index in [1.54, 1.807) is 6.92 Å². The maximum absolute atomic E-state index is 13.0. The van der Waals surface area contributed by atoms with E-state index in [0.29, 0.717) is 24.8 Å². The van der Waals surface area contributed by atoms with Crippen molar-refractivity contribution in [2.45, 2.75) is 89.3 Å². The van der Waals surface area contributed by atoms with Gasteiger partial charge in [0.1, 0.15) is 0 Å². The molecule has 0 aliphatic heterocycles. The summed E-state index contributed by atoms with van der Waals surface area (Å²) >= 11 is 0. The number of esters is 1. The Morgan fingerprint density at radius 2 is 2.00 bits per heavy atom. The Morgan fingerprint density at radius 1 is 1.26 bits per heavy atom. The van der Waals surface area contributed by atoms with Gasteiger partial charge in [0, 0.05) is 6.54 Å². The third kappa shape index (κ3) is 3.94. The average Bonchev–Trinajstić information content (AvgIpc) is 2.60. The topological polar surface area (TPSA) is 75.6 Å². The van der Waals surface area contributed by atoms with Crippen LogP contribution in [0.5, 0.6) is 0 Å². The first-order valence-electron chi connectivity index (χ1n) is 10.8. The van der Waals surface area contributed by atoms with E-state index in [1.807, 2.05) is 0 Å². The van der Waals surface area contributed by atoms with Crippen LogP contribution in [0.25, 0.3) is 0 Å². The normalized spacial score (nSPS) is 38.2. The molecule has 0 aromatic rings. The van der Waals surface area contributed by atoms with Gasteiger partial charge in [-0.05, 0) is 89.4 Å². The number of hydrogen-bond acceptors (Lipinski definition) is 4. The van der Waals surface area contributed by atoms with Crippen LogP contribution >= 0.6 is 0 Å². The van der Waals surface area contributed by atoms with Crippen molar-refractivity contribution in [2.75, 3.05) is 6.54 Å². The van der Waals surface area contributed by atoms with Crippen LogP contribution in [-0.4, -0.2) is 35.2 Å². The lowest BCUT2D eigenvalue weighted by Crippen LogP contribution is -2.59. The zero-order valence-electron chi connectivity index (χ0n) is 16.5. The van der Waals surface area contributed by atoms with Crippen LogP contribution in [0, 0.1) is 17.3 Å². The molecule has 0 aromatic heterocycles. The highest BCUT2D eigenvalue weighted by atomic mass is 16.5. The summed E-state index contributed by atoms with van der Waals surface area (Å²) < 4.78 is 5.61. The smallest absolute Gasteiger partial charge is 0.312 e. The molecule has 1 amide bonds. The van der Waals surface area contributed by atoms with E-state index in [4.69, 9.17) is 4.74 Å². The summed E-state index contributed by atoms with van der Waals surface area (Å²) in [6.45, 7) is 2.25. The Hall–Kier alpha value is -1.36. The van der Waals surface area contributed by atoms with Crippen molar-refractivity contribution in [2.24, 2.45) is 17.3 Å². The second-order valence-electron chi connectivity index (χ2n) is 9.66. The lowest BCUT2D eigenvalue weighted by molar-refractivity contribution is -0.200. The van der Waals surface area contributed by atoms with Crippen LogP contribution in [-0.2, 0) is 14.3 Å². The molecule has 0 aromatic carbocycles. The van der Waals surface area contributed by atoms with E-state index in [9.17, 15) is 14.7 Å². The lowest BCUT2D eigenvalue weighted by atomic mass is 9.48. The predicted octanol–water partition coefficient (Wildman–Crippen LogP) is 3.26. The average molecular weight is 376 g/mol. The molecule has 0 radical (unpaired) electrons. The lowest BCUT2D eigenvalue weighted by Gasteiger charge is -2.58. The summed E-state index contributed by atoms with van der Waals surface area (Å²) in [6, 6.07) is 0. The van der Waals surface area contributed by atoms with Crippen molar-refractivity contribution >= 4 is 11.9 Å². The van der Waals surface area contributed by atoms with Crippen molar-refractivity contribution in [1.82, 2.24) is 5.32 Å². The molecule has 5 rings (SSSR count). The highest BCUT2D eigenvalue weighted by molar-refractivity contribution is 5.85. The van der Waals surface area contributed by atoms with E-state index in [2.05, 4.69) is 11.4 Å². The van der Waals surface area contributed by atoms with E-state index in [-0.39, 0.29) is 11.9 Å². The van der Waals surface area contributed by atoms with E-state index in [1.165, 1.54) is 18.4 Å². The summed E-state index contributed by atoms with van der Waals surface area (Å²) in [6.07, 6.45) is 12.1.